The summed E-state index contributed by atoms with van der Waals surface area (Å²) < 4.78 is 5.27. The van der Waals surface area contributed by atoms with Crippen molar-refractivity contribution >= 4 is 36.2 Å². The van der Waals surface area contributed by atoms with Gasteiger partial charge in [-0.25, -0.2) is 4.79 Å². The predicted molar refractivity (Wildman–Crippen MR) is 141 cm³/mol. The number of aryl methyl sites for hydroxylation is 3. The lowest BCUT2D eigenvalue weighted by Gasteiger charge is -2.31. The molecule has 186 valence electrons. The van der Waals surface area contributed by atoms with E-state index in [2.05, 4.69) is 29.3 Å². The van der Waals surface area contributed by atoms with Gasteiger partial charge in [0.05, 0.1) is 0 Å². The molecule has 0 saturated heterocycles. The fraction of sp³-hybridized carbons (Fsp3) is 0.370. The van der Waals surface area contributed by atoms with Crippen LogP contribution in [0.25, 0.3) is 0 Å². The first-order chi connectivity index (χ1) is 16.4. The molecular weight excluding hydrogens is 462 g/mol. The molecule has 8 heteroatoms. The molecule has 0 saturated carbocycles. The average Bonchev–Trinajstić information content (AvgIpc) is 2.76. The second-order valence-electron chi connectivity index (χ2n) is 9.23. The smallest absolute Gasteiger partial charge is 0.408 e. The number of benzene rings is 2. The molecule has 2 N–H and O–H groups in total. The van der Waals surface area contributed by atoms with Crippen molar-refractivity contribution in [3.63, 3.8) is 0 Å². The van der Waals surface area contributed by atoms with Gasteiger partial charge >= 0.3 is 6.09 Å². The second-order valence-corrected chi connectivity index (χ2v) is 9.60. The van der Waals surface area contributed by atoms with E-state index in [4.69, 9.17) is 11.2 Å². The number of hydrogen-bond donors (Lipinski definition) is 3. The van der Waals surface area contributed by atoms with Crippen LogP contribution in [0.1, 0.15) is 49.1 Å². The zero-order chi connectivity index (χ0) is 26.3. The maximum atomic E-state index is 13.7. The second kappa shape index (κ2) is 11.8. The Kier molecular flexibility index (Phi) is 9.38. The lowest BCUT2D eigenvalue weighted by atomic mass is 9.94. The van der Waals surface area contributed by atoms with Crippen molar-refractivity contribution < 1.29 is 19.1 Å². The highest BCUT2D eigenvalue weighted by Gasteiger charge is 2.37. The maximum absolute atomic E-state index is 13.7. The number of hydrogen-bond acceptors (Lipinski definition) is 5. The van der Waals surface area contributed by atoms with E-state index < -0.39 is 35.6 Å². The number of para-hydroxylation sites is 1. The number of nitrogens with zero attached hydrogens (tertiary/aromatic N) is 1. The molecule has 3 amide bonds. The van der Waals surface area contributed by atoms with E-state index in [9.17, 15) is 14.4 Å². The summed E-state index contributed by atoms with van der Waals surface area (Å²) in [4.78, 5) is 40.6. The standard InChI is InChI=1S/C27H33N3O4S/c1-8-30(25(32)21(16-35)29-26(33)34-27(5,6)7)23(22-18(3)13-11-14-19(22)4)24(31)28-20-15-10-9-12-17(20)2/h1,9-15,21,23,35H,16H2,2-7H3,(H,28,31)(H,29,33). The van der Waals surface area contributed by atoms with Crippen LogP contribution in [0.3, 0.4) is 0 Å². The molecule has 35 heavy (non-hydrogen) atoms. The molecule has 2 unspecified atom stereocenters. The van der Waals surface area contributed by atoms with Crippen molar-refractivity contribution in [1.29, 1.82) is 0 Å². The minimum absolute atomic E-state index is 0.0465. The summed E-state index contributed by atoms with van der Waals surface area (Å²) in [5, 5.41) is 5.42. The number of rotatable bonds is 7. The van der Waals surface area contributed by atoms with Crippen molar-refractivity contribution in [2.45, 2.75) is 59.2 Å². The van der Waals surface area contributed by atoms with E-state index in [1.807, 2.05) is 57.2 Å². The van der Waals surface area contributed by atoms with Crippen LogP contribution in [0.2, 0.25) is 0 Å². The van der Waals surface area contributed by atoms with Gasteiger partial charge in [-0.15, -0.1) is 0 Å². The molecule has 0 aliphatic rings. The van der Waals surface area contributed by atoms with Gasteiger partial charge in [-0.2, -0.15) is 12.6 Å². The number of nitrogens with one attached hydrogen (secondary N) is 2. The molecule has 0 bridgehead atoms. The van der Waals surface area contributed by atoms with E-state index in [0.29, 0.717) is 11.3 Å². The first-order valence-corrected chi connectivity index (χ1v) is 11.8. The van der Waals surface area contributed by atoms with Crippen molar-refractivity contribution in [1.82, 2.24) is 10.2 Å². The van der Waals surface area contributed by atoms with E-state index in [1.54, 1.807) is 26.8 Å². The van der Waals surface area contributed by atoms with Crippen LogP contribution in [-0.4, -0.2) is 40.2 Å². The number of ether oxygens (including phenoxy) is 1. The maximum Gasteiger partial charge on any atom is 0.408 e. The van der Waals surface area contributed by atoms with Crippen LogP contribution >= 0.6 is 12.6 Å². The summed E-state index contributed by atoms with van der Waals surface area (Å²) in [5.74, 6) is -1.17. The van der Waals surface area contributed by atoms with E-state index in [0.717, 1.165) is 21.6 Å². The van der Waals surface area contributed by atoms with Gasteiger partial charge in [-0.05, 0) is 69.9 Å². The summed E-state index contributed by atoms with van der Waals surface area (Å²) in [6.45, 7) is 10.7. The minimum Gasteiger partial charge on any atom is -0.444 e. The molecule has 2 aromatic carbocycles. The van der Waals surface area contributed by atoms with Gasteiger partial charge < -0.3 is 15.4 Å². The fourth-order valence-electron chi connectivity index (χ4n) is 3.62. The lowest BCUT2D eigenvalue weighted by Crippen LogP contribution is -2.52. The Hall–Kier alpha value is -3.44. The third-order valence-electron chi connectivity index (χ3n) is 5.27. The summed E-state index contributed by atoms with van der Waals surface area (Å²) in [7, 11) is 0. The van der Waals surface area contributed by atoms with Crippen LogP contribution in [0.15, 0.2) is 42.5 Å². The SMILES string of the molecule is C#CN(C(=O)C(CS)NC(=O)OC(C)(C)C)C(C(=O)Nc1ccccc1C)c1c(C)cccc1C. The normalized spacial score (nSPS) is 12.6. The highest BCUT2D eigenvalue weighted by Crippen LogP contribution is 2.29. The lowest BCUT2D eigenvalue weighted by molar-refractivity contribution is -0.136. The molecule has 0 aliphatic heterocycles. The first kappa shape index (κ1) is 27.8. The van der Waals surface area contributed by atoms with Crippen molar-refractivity contribution in [2.75, 3.05) is 11.1 Å². The Bertz CT molecular complexity index is 1110. The molecule has 0 aromatic heterocycles. The van der Waals surface area contributed by atoms with Crippen LogP contribution < -0.4 is 10.6 Å². The summed E-state index contributed by atoms with van der Waals surface area (Å²) >= 11 is 4.23. The number of anilines is 1. The zero-order valence-electron chi connectivity index (χ0n) is 21.0. The number of carbonyl (C=O) groups is 3. The van der Waals surface area contributed by atoms with Gasteiger partial charge in [-0.1, -0.05) is 42.8 Å². The van der Waals surface area contributed by atoms with Crippen LogP contribution in [0, 0.1) is 33.2 Å². The van der Waals surface area contributed by atoms with E-state index in [-0.39, 0.29) is 5.75 Å². The van der Waals surface area contributed by atoms with Gasteiger partial charge in [0.2, 0.25) is 0 Å². The Morgan fingerprint density at radius 2 is 1.60 bits per heavy atom. The van der Waals surface area contributed by atoms with Crippen LogP contribution in [0.5, 0.6) is 0 Å². The van der Waals surface area contributed by atoms with Crippen LogP contribution in [0.4, 0.5) is 10.5 Å². The van der Waals surface area contributed by atoms with Gasteiger partial charge in [-0.3, -0.25) is 14.5 Å². The largest absolute Gasteiger partial charge is 0.444 e. The molecule has 0 fully saturated rings. The molecule has 0 heterocycles. The Balaban J connectivity index is 2.49. The van der Waals surface area contributed by atoms with E-state index in [1.165, 1.54) is 0 Å². The summed E-state index contributed by atoms with van der Waals surface area (Å²) in [6.07, 6.45) is 5.02. The molecule has 2 aromatic rings. The third kappa shape index (κ3) is 7.27. The van der Waals surface area contributed by atoms with Crippen molar-refractivity contribution in [3.8, 4) is 12.5 Å². The Morgan fingerprint density at radius 1 is 1.03 bits per heavy atom. The molecule has 0 radical (unpaired) electrons. The Morgan fingerprint density at radius 3 is 2.11 bits per heavy atom. The van der Waals surface area contributed by atoms with Gasteiger partial charge in [0.25, 0.3) is 11.8 Å². The number of alkyl carbamates (subject to hydrolysis) is 1. The molecular formula is C27H33N3O4S. The molecule has 2 rings (SSSR count). The first-order valence-electron chi connectivity index (χ1n) is 11.2. The molecule has 0 spiro atoms. The van der Waals surface area contributed by atoms with Gasteiger partial charge in [0.15, 0.2) is 0 Å². The van der Waals surface area contributed by atoms with Crippen molar-refractivity contribution in [3.05, 3.63) is 64.7 Å². The monoisotopic (exact) mass is 495 g/mol. The van der Waals surface area contributed by atoms with Gasteiger partial charge in [0, 0.05) is 17.5 Å². The Labute approximate surface area is 213 Å². The average molecular weight is 496 g/mol. The third-order valence-corrected chi connectivity index (χ3v) is 5.64. The highest BCUT2D eigenvalue weighted by molar-refractivity contribution is 7.80. The highest BCUT2D eigenvalue weighted by atomic mass is 32.1. The molecule has 7 nitrogen and oxygen atoms in total. The quantitative estimate of drug-likeness (QED) is 0.299. The van der Waals surface area contributed by atoms with Crippen LogP contribution in [-0.2, 0) is 14.3 Å². The molecule has 0 aliphatic carbocycles. The molecule has 2 atom stereocenters. The minimum atomic E-state index is -1.14. The number of terminal acetylenes is 1. The number of carbonyl (C=O) groups excluding carboxylic acids is 3. The fourth-order valence-corrected chi connectivity index (χ4v) is 3.87. The summed E-state index contributed by atoms with van der Waals surface area (Å²) in [5.41, 5.74) is 2.92. The number of amides is 3. The topological polar surface area (TPSA) is 87.7 Å². The van der Waals surface area contributed by atoms with Gasteiger partial charge in [0.1, 0.15) is 17.7 Å². The zero-order valence-corrected chi connectivity index (χ0v) is 21.9. The number of thiol groups is 1. The van der Waals surface area contributed by atoms with E-state index >= 15 is 0 Å². The predicted octanol–water partition coefficient (Wildman–Crippen LogP) is 4.53. The van der Waals surface area contributed by atoms with Crippen molar-refractivity contribution in [2.24, 2.45) is 0 Å². The summed E-state index contributed by atoms with van der Waals surface area (Å²) in [6, 6.07) is 13.0.